The summed E-state index contributed by atoms with van der Waals surface area (Å²) in [5.74, 6) is -0.529. The van der Waals surface area contributed by atoms with Gasteiger partial charge in [0.05, 0.1) is 13.7 Å². The van der Waals surface area contributed by atoms with Crippen molar-refractivity contribution >= 4 is 11.9 Å². The maximum Gasteiger partial charge on any atom is 0.322 e. The van der Waals surface area contributed by atoms with Gasteiger partial charge >= 0.3 is 5.97 Å². The third-order valence-corrected chi connectivity index (χ3v) is 1.97. The number of carbonyl (C=O) groups excluding carboxylic acids is 2. The number of hydrogen-bond donors (Lipinski definition) is 2. The van der Waals surface area contributed by atoms with Crippen molar-refractivity contribution < 1.29 is 19.1 Å². The van der Waals surface area contributed by atoms with E-state index in [1.54, 1.807) is 14.0 Å². The summed E-state index contributed by atoms with van der Waals surface area (Å²) in [7, 11) is 2.92. The monoisotopic (exact) mass is 232 g/mol. The molecule has 0 aliphatic heterocycles. The van der Waals surface area contributed by atoms with Gasteiger partial charge in [0.15, 0.2) is 0 Å². The van der Waals surface area contributed by atoms with Crippen molar-refractivity contribution in [1.82, 2.24) is 10.6 Å². The van der Waals surface area contributed by atoms with E-state index in [1.807, 2.05) is 0 Å². The molecule has 94 valence electrons. The molecule has 0 heterocycles. The molecule has 1 atom stereocenters. The van der Waals surface area contributed by atoms with Gasteiger partial charge in [-0.25, -0.2) is 0 Å². The second kappa shape index (κ2) is 9.11. The first-order chi connectivity index (χ1) is 7.61. The molecule has 0 aromatic rings. The zero-order valence-corrected chi connectivity index (χ0v) is 10.0. The van der Waals surface area contributed by atoms with E-state index in [0.29, 0.717) is 13.2 Å². The van der Waals surface area contributed by atoms with E-state index in [-0.39, 0.29) is 18.4 Å². The summed E-state index contributed by atoms with van der Waals surface area (Å²) in [5, 5.41) is 5.45. The molecule has 0 radical (unpaired) electrons. The number of ether oxygens (including phenoxy) is 2. The predicted molar refractivity (Wildman–Crippen MR) is 59.0 cm³/mol. The second-order valence-electron chi connectivity index (χ2n) is 3.32. The fraction of sp³-hybridized carbons (Fsp3) is 0.800. The standard InChI is InChI=1S/C10H20N2O4/c1-8(10(14)16-3)12-7-9(13)11-5-4-6-15-2/h8,12H,4-7H2,1-3H3,(H,11,13). The number of esters is 1. The zero-order chi connectivity index (χ0) is 12.4. The highest BCUT2D eigenvalue weighted by Gasteiger charge is 2.13. The highest BCUT2D eigenvalue weighted by molar-refractivity contribution is 5.80. The molecule has 16 heavy (non-hydrogen) atoms. The Morgan fingerprint density at radius 1 is 1.31 bits per heavy atom. The smallest absolute Gasteiger partial charge is 0.322 e. The van der Waals surface area contributed by atoms with Crippen molar-refractivity contribution in [1.29, 1.82) is 0 Å². The summed E-state index contributed by atoms with van der Waals surface area (Å²) in [6.07, 6.45) is 0.773. The molecule has 1 amide bonds. The van der Waals surface area contributed by atoms with Crippen molar-refractivity contribution in [2.45, 2.75) is 19.4 Å². The summed E-state index contributed by atoms with van der Waals surface area (Å²) >= 11 is 0. The minimum absolute atomic E-state index is 0.100. The van der Waals surface area contributed by atoms with Crippen molar-refractivity contribution in [2.24, 2.45) is 0 Å². The van der Waals surface area contributed by atoms with E-state index in [4.69, 9.17) is 4.74 Å². The number of nitrogens with one attached hydrogen (secondary N) is 2. The summed E-state index contributed by atoms with van der Waals surface area (Å²) in [5.41, 5.74) is 0. The first kappa shape index (κ1) is 14.9. The molecular formula is C10H20N2O4. The quantitative estimate of drug-likeness (QED) is 0.427. The molecule has 0 bridgehead atoms. The molecule has 0 fully saturated rings. The zero-order valence-electron chi connectivity index (χ0n) is 10.0. The van der Waals surface area contributed by atoms with Crippen LogP contribution >= 0.6 is 0 Å². The summed E-state index contributed by atoms with van der Waals surface area (Å²) < 4.78 is 9.35. The number of rotatable bonds is 8. The first-order valence-corrected chi connectivity index (χ1v) is 5.18. The Kier molecular flexibility index (Phi) is 8.46. The van der Waals surface area contributed by atoms with Crippen LogP contribution in [0.1, 0.15) is 13.3 Å². The Balaban J connectivity index is 3.53. The van der Waals surface area contributed by atoms with Crippen LogP contribution in [-0.2, 0) is 19.1 Å². The van der Waals surface area contributed by atoms with Crippen LogP contribution < -0.4 is 10.6 Å². The van der Waals surface area contributed by atoms with E-state index in [1.165, 1.54) is 7.11 Å². The van der Waals surface area contributed by atoms with E-state index in [0.717, 1.165) is 6.42 Å². The Labute approximate surface area is 95.7 Å². The summed E-state index contributed by atoms with van der Waals surface area (Å²) in [6, 6.07) is -0.477. The lowest BCUT2D eigenvalue weighted by Gasteiger charge is -2.11. The molecule has 0 aromatic heterocycles. The van der Waals surface area contributed by atoms with Gasteiger partial charge in [0, 0.05) is 20.3 Å². The molecule has 0 aliphatic rings. The van der Waals surface area contributed by atoms with Crippen molar-refractivity contribution in [3.63, 3.8) is 0 Å². The van der Waals surface area contributed by atoms with Crippen molar-refractivity contribution in [2.75, 3.05) is 33.9 Å². The minimum atomic E-state index is -0.477. The number of amides is 1. The third kappa shape index (κ3) is 7.19. The van der Waals surface area contributed by atoms with Gasteiger partial charge < -0.3 is 14.8 Å². The normalized spacial score (nSPS) is 11.9. The minimum Gasteiger partial charge on any atom is -0.468 e. The molecule has 6 heteroatoms. The lowest BCUT2D eigenvalue weighted by atomic mass is 10.3. The third-order valence-electron chi connectivity index (χ3n) is 1.97. The van der Waals surface area contributed by atoms with Crippen LogP contribution in [0.15, 0.2) is 0 Å². The second-order valence-corrected chi connectivity index (χ2v) is 3.32. The van der Waals surface area contributed by atoms with Crippen LogP contribution in [-0.4, -0.2) is 51.8 Å². The molecule has 0 spiro atoms. The first-order valence-electron chi connectivity index (χ1n) is 5.18. The average molecular weight is 232 g/mol. The lowest BCUT2D eigenvalue weighted by Crippen LogP contribution is -2.42. The van der Waals surface area contributed by atoms with Gasteiger partial charge in [-0.3, -0.25) is 14.9 Å². The predicted octanol–water partition coefficient (Wildman–Crippen LogP) is -0.710. The van der Waals surface area contributed by atoms with Gasteiger partial charge in [0.1, 0.15) is 6.04 Å². The lowest BCUT2D eigenvalue weighted by molar-refractivity contribution is -0.142. The molecule has 1 unspecified atom stereocenters. The fourth-order valence-corrected chi connectivity index (χ4v) is 1.01. The van der Waals surface area contributed by atoms with E-state index in [2.05, 4.69) is 15.4 Å². The maximum atomic E-state index is 11.3. The van der Waals surface area contributed by atoms with Crippen LogP contribution in [0.3, 0.4) is 0 Å². The largest absolute Gasteiger partial charge is 0.468 e. The fourth-order valence-electron chi connectivity index (χ4n) is 1.01. The molecule has 0 saturated heterocycles. The number of carbonyl (C=O) groups is 2. The van der Waals surface area contributed by atoms with Gasteiger partial charge in [-0.05, 0) is 13.3 Å². The van der Waals surface area contributed by atoms with Gasteiger partial charge in [-0.15, -0.1) is 0 Å². The average Bonchev–Trinajstić information content (AvgIpc) is 2.30. The Bertz CT molecular complexity index is 221. The summed E-state index contributed by atoms with van der Waals surface area (Å²) in [4.78, 5) is 22.2. The topological polar surface area (TPSA) is 76.7 Å². The van der Waals surface area contributed by atoms with Crippen LogP contribution in [0.4, 0.5) is 0 Å². The van der Waals surface area contributed by atoms with Crippen LogP contribution in [0.25, 0.3) is 0 Å². The Hall–Kier alpha value is -1.14. The van der Waals surface area contributed by atoms with Crippen LogP contribution in [0.5, 0.6) is 0 Å². The number of hydrogen-bond acceptors (Lipinski definition) is 5. The van der Waals surface area contributed by atoms with Crippen LogP contribution in [0.2, 0.25) is 0 Å². The molecule has 2 N–H and O–H groups in total. The van der Waals surface area contributed by atoms with Gasteiger partial charge in [-0.2, -0.15) is 0 Å². The molecule has 0 aromatic carbocycles. The van der Waals surface area contributed by atoms with Crippen molar-refractivity contribution in [3.8, 4) is 0 Å². The number of methoxy groups -OCH3 is 2. The molecular weight excluding hydrogens is 212 g/mol. The van der Waals surface area contributed by atoms with E-state index >= 15 is 0 Å². The highest BCUT2D eigenvalue weighted by atomic mass is 16.5. The Morgan fingerprint density at radius 2 is 2.00 bits per heavy atom. The maximum absolute atomic E-state index is 11.3. The molecule has 0 aliphatic carbocycles. The van der Waals surface area contributed by atoms with Crippen LogP contribution in [0, 0.1) is 0 Å². The SMILES string of the molecule is COCCCNC(=O)CNC(C)C(=O)OC. The van der Waals surface area contributed by atoms with Crippen molar-refractivity contribution in [3.05, 3.63) is 0 Å². The summed E-state index contributed by atoms with van der Waals surface area (Å²) in [6.45, 7) is 2.93. The molecule has 0 saturated carbocycles. The van der Waals surface area contributed by atoms with E-state index in [9.17, 15) is 9.59 Å². The van der Waals surface area contributed by atoms with Gasteiger partial charge in [-0.1, -0.05) is 0 Å². The molecule has 6 nitrogen and oxygen atoms in total. The van der Waals surface area contributed by atoms with Gasteiger partial charge in [0.25, 0.3) is 0 Å². The van der Waals surface area contributed by atoms with E-state index < -0.39 is 6.04 Å². The Morgan fingerprint density at radius 3 is 2.56 bits per heavy atom. The highest BCUT2D eigenvalue weighted by Crippen LogP contribution is 1.84. The molecule has 0 rings (SSSR count). The van der Waals surface area contributed by atoms with Gasteiger partial charge in [0.2, 0.25) is 5.91 Å².